The Morgan fingerprint density at radius 3 is 3.17 bits per heavy atom. The van der Waals surface area contributed by atoms with Crippen molar-refractivity contribution in [2.45, 2.75) is 25.5 Å². The van der Waals surface area contributed by atoms with Crippen LogP contribution >= 0.6 is 0 Å². The molecule has 12 heavy (non-hydrogen) atoms. The van der Waals surface area contributed by atoms with Gasteiger partial charge in [-0.15, -0.1) is 0 Å². The summed E-state index contributed by atoms with van der Waals surface area (Å²) < 4.78 is 5.35. The average molecular weight is 173 g/mol. The van der Waals surface area contributed by atoms with Crippen LogP contribution in [0.2, 0.25) is 0 Å². The molecule has 0 amide bonds. The smallest absolute Gasteiger partial charge is 0.119 e. The Bertz CT molecular complexity index is 140. The minimum Gasteiger partial charge on any atom is -0.381 e. The van der Waals surface area contributed by atoms with Gasteiger partial charge < -0.3 is 14.6 Å². The predicted molar refractivity (Wildman–Crippen MR) is 43.4 cm³/mol. The van der Waals surface area contributed by atoms with Gasteiger partial charge in [0.25, 0.3) is 0 Å². The molecule has 1 saturated heterocycles. The maximum Gasteiger partial charge on any atom is 0.119 e. The Morgan fingerprint density at radius 2 is 2.50 bits per heavy atom. The highest BCUT2D eigenvalue weighted by Crippen LogP contribution is 2.14. The van der Waals surface area contributed by atoms with Crippen LogP contribution in [-0.2, 0) is 9.53 Å². The highest BCUT2D eigenvalue weighted by molar-refractivity contribution is 5.48. The number of nitrogens with zero attached hydrogens (tertiary/aromatic N) is 1. The fourth-order valence-electron chi connectivity index (χ4n) is 1.36. The van der Waals surface area contributed by atoms with Gasteiger partial charge in [-0.05, 0) is 12.8 Å². The molecule has 1 rings (SSSR count). The van der Waals surface area contributed by atoms with E-state index in [1.54, 1.807) is 0 Å². The Morgan fingerprint density at radius 1 is 1.67 bits per heavy atom. The SMILES string of the molecule is O=CCCCC1OCCN1CO. The van der Waals surface area contributed by atoms with Gasteiger partial charge in [0.1, 0.15) is 12.5 Å². The fraction of sp³-hybridized carbons (Fsp3) is 0.875. The molecule has 70 valence electrons. The summed E-state index contributed by atoms with van der Waals surface area (Å²) in [5.41, 5.74) is 0. The number of carbonyl (C=O) groups excluding carboxylic acids is 1. The lowest BCUT2D eigenvalue weighted by Crippen LogP contribution is -2.30. The van der Waals surface area contributed by atoms with Gasteiger partial charge in [-0.3, -0.25) is 4.90 Å². The molecule has 1 aliphatic rings. The van der Waals surface area contributed by atoms with Crippen LogP contribution in [0, 0.1) is 0 Å². The third kappa shape index (κ3) is 2.55. The number of aliphatic hydroxyl groups excluding tert-OH is 1. The molecule has 0 aromatic carbocycles. The van der Waals surface area contributed by atoms with Crippen LogP contribution < -0.4 is 0 Å². The van der Waals surface area contributed by atoms with E-state index in [1.165, 1.54) is 0 Å². The number of ether oxygens (including phenoxy) is 1. The van der Waals surface area contributed by atoms with Crippen LogP contribution in [0.5, 0.6) is 0 Å². The minimum absolute atomic E-state index is 0.0231. The van der Waals surface area contributed by atoms with Gasteiger partial charge in [0, 0.05) is 13.0 Å². The van der Waals surface area contributed by atoms with Crippen molar-refractivity contribution in [3.05, 3.63) is 0 Å². The van der Waals surface area contributed by atoms with Gasteiger partial charge in [-0.1, -0.05) is 0 Å². The molecule has 0 saturated carbocycles. The number of aliphatic hydroxyl groups is 1. The normalized spacial score (nSPS) is 24.6. The summed E-state index contributed by atoms with van der Waals surface area (Å²) in [5, 5.41) is 8.87. The molecular weight excluding hydrogens is 158 g/mol. The molecule has 0 aliphatic carbocycles. The minimum atomic E-state index is 0.0231. The van der Waals surface area contributed by atoms with E-state index in [2.05, 4.69) is 0 Å². The third-order valence-corrected chi connectivity index (χ3v) is 2.05. The molecule has 0 radical (unpaired) electrons. The molecular formula is C8H15NO3. The highest BCUT2D eigenvalue weighted by atomic mass is 16.5. The van der Waals surface area contributed by atoms with E-state index in [9.17, 15) is 4.79 Å². The molecule has 1 atom stereocenters. The zero-order valence-corrected chi connectivity index (χ0v) is 7.11. The van der Waals surface area contributed by atoms with Crippen LogP contribution in [-0.4, -0.2) is 42.4 Å². The van der Waals surface area contributed by atoms with Crippen molar-refractivity contribution in [3.8, 4) is 0 Å². The van der Waals surface area contributed by atoms with Gasteiger partial charge in [0.05, 0.1) is 13.3 Å². The Hall–Kier alpha value is -0.450. The topological polar surface area (TPSA) is 49.8 Å². The zero-order valence-electron chi connectivity index (χ0n) is 7.11. The largest absolute Gasteiger partial charge is 0.381 e. The maximum absolute atomic E-state index is 10.0. The van der Waals surface area contributed by atoms with E-state index in [0.717, 1.165) is 25.7 Å². The van der Waals surface area contributed by atoms with Crippen molar-refractivity contribution < 1.29 is 14.6 Å². The van der Waals surface area contributed by atoms with E-state index in [-0.39, 0.29) is 13.0 Å². The van der Waals surface area contributed by atoms with Crippen molar-refractivity contribution in [1.29, 1.82) is 0 Å². The fourth-order valence-corrected chi connectivity index (χ4v) is 1.36. The first-order chi connectivity index (χ1) is 5.88. The predicted octanol–water partition coefficient (Wildman–Crippen LogP) is -0.0363. The standard InChI is InChI=1S/C8H15NO3/c10-5-2-1-3-8-9(7-11)4-6-12-8/h5,8,11H,1-4,6-7H2. The summed E-state index contributed by atoms with van der Waals surface area (Å²) in [6, 6.07) is 0. The lowest BCUT2D eigenvalue weighted by molar-refractivity contribution is -0.108. The summed E-state index contributed by atoms with van der Waals surface area (Å²) in [6.45, 7) is 1.53. The van der Waals surface area contributed by atoms with Crippen molar-refractivity contribution in [2.24, 2.45) is 0 Å². The van der Waals surface area contributed by atoms with E-state index in [1.807, 2.05) is 4.90 Å². The molecule has 1 unspecified atom stereocenters. The van der Waals surface area contributed by atoms with Crippen molar-refractivity contribution in [2.75, 3.05) is 19.9 Å². The van der Waals surface area contributed by atoms with Crippen LogP contribution in [0.15, 0.2) is 0 Å². The molecule has 0 aromatic rings. The van der Waals surface area contributed by atoms with Gasteiger partial charge in [0.2, 0.25) is 0 Å². The second-order valence-corrected chi connectivity index (χ2v) is 2.88. The Balaban J connectivity index is 2.16. The first kappa shape index (κ1) is 9.64. The number of hydrogen-bond donors (Lipinski definition) is 1. The molecule has 4 nitrogen and oxygen atoms in total. The summed E-state index contributed by atoms with van der Waals surface area (Å²) >= 11 is 0. The van der Waals surface area contributed by atoms with Gasteiger partial charge >= 0.3 is 0 Å². The number of aldehydes is 1. The lowest BCUT2D eigenvalue weighted by atomic mass is 10.2. The number of carbonyl (C=O) groups is 1. The van der Waals surface area contributed by atoms with Gasteiger partial charge in [-0.2, -0.15) is 0 Å². The first-order valence-electron chi connectivity index (χ1n) is 4.28. The monoisotopic (exact) mass is 173 g/mol. The lowest BCUT2D eigenvalue weighted by Gasteiger charge is -2.19. The number of rotatable bonds is 5. The van der Waals surface area contributed by atoms with E-state index in [0.29, 0.717) is 13.0 Å². The Labute approximate surface area is 72.1 Å². The summed E-state index contributed by atoms with van der Waals surface area (Å²) in [4.78, 5) is 11.9. The van der Waals surface area contributed by atoms with Crippen molar-refractivity contribution >= 4 is 6.29 Å². The van der Waals surface area contributed by atoms with Crippen LogP contribution in [0.25, 0.3) is 0 Å². The van der Waals surface area contributed by atoms with Crippen molar-refractivity contribution in [3.63, 3.8) is 0 Å². The molecule has 0 bridgehead atoms. The van der Waals surface area contributed by atoms with Crippen LogP contribution in [0.1, 0.15) is 19.3 Å². The van der Waals surface area contributed by atoms with Gasteiger partial charge in [0.15, 0.2) is 0 Å². The van der Waals surface area contributed by atoms with Crippen LogP contribution in [0.3, 0.4) is 0 Å². The summed E-state index contributed by atoms with van der Waals surface area (Å²) in [7, 11) is 0. The molecule has 1 N–H and O–H groups in total. The molecule has 1 aliphatic heterocycles. The quantitative estimate of drug-likeness (QED) is 0.468. The van der Waals surface area contributed by atoms with E-state index >= 15 is 0 Å². The molecule has 0 aromatic heterocycles. The van der Waals surface area contributed by atoms with E-state index < -0.39 is 0 Å². The first-order valence-corrected chi connectivity index (χ1v) is 4.28. The second-order valence-electron chi connectivity index (χ2n) is 2.88. The number of unbranched alkanes of at least 4 members (excludes halogenated alkanes) is 1. The summed E-state index contributed by atoms with van der Waals surface area (Å²) in [5.74, 6) is 0. The molecule has 0 spiro atoms. The molecule has 4 heteroatoms. The average Bonchev–Trinajstić information content (AvgIpc) is 2.52. The Kier molecular flexibility index (Phi) is 4.21. The van der Waals surface area contributed by atoms with Crippen LogP contribution in [0.4, 0.5) is 0 Å². The number of hydrogen-bond acceptors (Lipinski definition) is 4. The second kappa shape index (κ2) is 5.24. The summed E-state index contributed by atoms with van der Waals surface area (Å²) in [6.07, 6.45) is 3.19. The molecule has 1 heterocycles. The zero-order chi connectivity index (χ0) is 8.81. The molecule has 1 fully saturated rings. The van der Waals surface area contributed by atoms with E-state index in [4.69, 9.17) is 9.84 Å². The van der Waals surface area contributed by atoms with Crippen molar-refractivity contribution in [1.82, 2.24) is 4.90 Å². The van der Waals surface area contributed by atoms with Gasteiger partial charge in [-0.25, -0.2) is 0 Å². The third-order valence-electron chi connectivity index (χ3n) is 2.05. The maximum atomic E-state index is 10.0. The highest BCUT2D eigenvalue weighted by Gasteiger charge is 2.23.